The van der Waals surface area contributed by atoms with E-state index in [4.69, 9.17) is 14.2 Å². The molecule has 1 aliphatic carbocycles. The van der Waals surface area contributed by atoms with Crippen LogP contribution in [-0.2, 0) is 11.2 Å². The van der Waals surface area contributed by atoms with Crippen molar-refractivity contribution in [3.63, 3.8) is 0 Å². The molecule has 21 heavy (non-hydrogen) atoms. The Bertz CT molecular complexity index is 576. The van der Waals surface area contributed by atoms with E-state index >= 15 is 0 Å². The maximum atomic E-state index is 5.69. The molecule has 0 heterocycles. The third-order valence-corrected chi connectivity index (χ3v) is 4.46. The van der Waals surface area contributed by atoms with E-state index < -0.39 is 0 Å². The van der Waals surface area contributed by atoms with Crippen LogP contribution in [0.25, 0.3) is 4.48 Å². The molecule has 0 fully saturated rings. The molecule has 4 heteroatoms. The molecule has 1 aliphatic rings. The molecule has 0 saturated carbocycles. The van der Waals surface area contributed by atoms with Crippen molar-refractivity contribution in [2.75, 3.05) is 27.4 Å². The number of hydrogen-bond donors (Lipinski definition) is 0. The maximum absolute atomic E-state index is 5.69. The average molecular weight is 353 g/mol. The maximum Gasteiger partial charge on any atom is 0.127 e. The van der Waals surface area contributed by atoms with Gasteiger partial charge >= 0.3 is 0 Å². The molecule has 1 aromatic carbocycles. The van der Waals surface area contributed by atoms with Gasteiger partial charge in [0.15, 0.2) is 0 Å². The summed E-state index contributed by atoms with van der Waals surface area (Å²) in [5.74, 6) is 1.76. The van der Waals surface area contributed by atoms with E-state index in [1.54, 1.807) is 14.2 Å². The van der Waals surface area contributed by atoms with Crippen LogP contribution in [0.2, 0.25) is 0 Å². The molecule has 0 atom stereocenters. The van der Waals surface area contributed by atoms with Crippen molar-refractivity contribution in [2.24, 2.45) is 0 Å². The number of fused-ring (bicyclic) bond motifs is 1. The van der Waals surface area contributed by atoms with Crippen LogP contribution in [0, 0.1) is 0 Å². The summed E-state index contributed by atoms with van der Waals surface area (Å²) in [5, 5.41) is 0. The SMILES string of the molecule is C=C(C)COCC1=C(Br)c2c(OC)ccc(OC)c2CC1. The fourth-order valence-corrected chi connectivity index (χ4v) is 3.25. The minimum absolute atomic E-state index is 0.589. The van der Waals surface area contributed by atoms with Gasteiger partial charge < -0.3 is 14.2 Å². The Hall–Kier alpha value is -1.26. The molecule has 0 N–H and O–H groups in total. The Labute approximate surface area is 134 Å². The lowest BCUT2D eigenvalue weighted by atomic mass is 9.91. The van der Waals surface area contributed by atoms with Gasteiger partial charge in [-0.3, -0.25) is 0 Å². The topological polar surface area (TPSA) is 27.7 Å². The number of rotatable bonds is 6. The van der Waals surface area contributed by atoms with Crippen LogP contribution in [-0.4, -0.2) is 27.4 Å². The van der Waals surface area contributed by atoms with E-state index in [2.05, 4.69) is 22.5 Å². The highest BCUT2D eigenvalue weighted by Gasteiger charge is 2.24. The Morgan fingerprint density at radius 2 is 1.86 bits per heavy atom. The lowest BCUT2D eigenvalue weighted by Crippen LogP contribution is -2.10. The third-order valence-electron chi connectivity index (χ3n) is 3.50. The number of methoxy groups -OCH3 is 2. The van der Waals surface area contributed by atoms with Crippen LogP contribution in [0.4, 0.5) is 0 Å². The van der Waals surface area contributed by atoms with E-state index in [0.29, 0.717) is 13.2 Å². The van der Waals surface area contributed by atoms with Gasteiger partial charge in [0.2, 0.25) is 0 Å². The second-order valence-electron chi connectivity index (χ2n) is 5.19. The van der Waals surface area contributed by atoms with Crippen LogP contribution in [0.15, 0.2) is 29.9 Å². The first-order chi connectivity index (χ1) is 10.1. The van der Waals surface area contributed by atoms with Gasteiger partial charge in [-0.15, -0.1) is 0 Å². The summed E-state index contributed by atoms with van der Waals surface area (Å²) in [4.78, 5) is 0. The first-order valence-electron chi connectivity index (χ1n) is 6.92. The van der Waals surface area contributed by atoms with Gasteiger partial charge in [-0.25, -0.2) is 0 Å². The molecule has 0 spiro atoms. The predicted molar refractivity (Wildman–Crippen MR) is 89.3 cm³/mol. The molecule has 0 saturated heterocycles. The summed E-state index contributed by atoms with van der Waals surface area (Å²) in [6.07, 6.45) is 1.88. The molecule has 2 rings (SSSR count). The van der Waals surface area contributed by atoms with Gasteiger partial charge in [-0.05, 0) is 53.4 Å². The number of hydrogen-bond acceptors (Lipinski definition) is 3. The average Bonchev–Trinajstić information content (AvgIpc) is 2.48. The minimum Gasteiger partial charge on any atom is -0.496 e. The zero-order valence-corrected chi connectivity index (χ0v) is 14.4. The van der Waals surface area contributed by atoms with Crippen molar-refractivity contribution in [3.05, 3.63) is 41.0 Å². The lowest BCUT2D eigenvalue weighted by Gasteiger charge is -2.24. The van der Waals surface area contributed by atoms with Crippen molar-refractivity contribution >= 4 is 20.4 Å². The summed E-state index contributed by atoms with van der Waals surface area (Å²) >= 11 is 3.72. The second-order valence-corrected chi connectivity index (χ2v) is 5.98. The summed E-state index contributed by atoms with van der Waals surface area (Å²) in [7, 11) is 3.39. The molecule has 3 nitrogen and oxygen atoms in total. The molecule has 0 radical (unpaired) electrons. The van der Waals surface area contributed by atoms with E-state index in [1.807, 2.05) is 19.1 Å². The quantitative estimate of drug-likeness (QED) is 0.712. The van der Waals surface area contributed by atoms with E-state index in [-0.39, 0.29) is 0 Å². The van der Waals surface area contributed by atoms with E-state index in [9.17, 15) is 0 Å². The standard InChI is InChI=1S/C17H21BrO3/c1-11(2)9-21-10-12-5-6-13-14(19-3)7-8-15(20-4)16(13)17(12)18/h7-8H,1,5-6,9-10H2,2-4H3. The Morgan fingerprint density at radius 1 is 1.19 bits per heavy atom. The molecule has 114 valence electrons. The van der Waals surface area contributed by atoms with E-state index in [1.165, 1.54) is 11.1 Å². The normalized spacial score (nSPS) is 13.9. The summed E-state index contributed by atoms with van der Waals surface area (Å²) in [6.45, 7) is 7.01. The molecule has 0 aromatic heterocycles. The van der Waals surface area contributed by atoms with Crippen molar-refractivity contribution < 1.29 is 14.2 Å². The van der Waals surface area contributed by atoms with Crippen LogP contribution in [0.1, 0.15) is 24.5 Å². The van der Waals surface area contributed by atoms with Crippen LogP contribution in [0.5, 0.6) is 11.5 Å². The Morgan fingerprint density at radius 3 is 2.48 bits per heavy atom. The molecule has 1 aromatic rings. The fraction of sp³-hybridized carbons (Fsp3) is 0.412. The molecule has 0 bridgehead atoms. The third kappa shape index (κ3) is 3.50. The first-order valence-corrected chi connectivity index (χ1v) is 7.71. The molecule has 0 amide bonds. The van der Waals surface area contributed by atoms with Gasteiger partial charge in [0.25, 0.3) is 0 Å². The number of benzene rings is 1. The largest absolute Gasteiger partial charge is 0.496 e. The highest BCUT2D eigenvalue weighted by molar-refractivity contribution is 9.15. The predicted octanol–water partition coefficient (Wildman–Crippen LogP) is 4.35. The molecular formula is C17H21BrO3. The van der Waals surface area contributed by atoms with Gasteiger partial charge in [0.1, 0.15) is 11.5 Å². The molecule has 0 aliphatic heterocycles. The van der Waals surface area contributed by atoms with Crippen LogP contribution < -0.4 is 9.47 Å². The zero-order chi connectivity index (χ0) is 15.4. The van der Waals surface area contributed by atoms with Gasteiger partial charge in [0, 0.05) is 15.6 Å². The van der Waals surface area contributed by atoms with Crippen molar-refractivity contribution in [2.45, 2.75) is 19.8 Å². The highest BCUT2D eigenvalue weighted by Crippen LogP contribution is 2.44. The van der Waals surface area contributed by atoms with Gasteiger partial charge in [-0.2, -0.15) is 0 Å². The highest BCUT2D eigenvalue weighted by atomic mass is 79.9. The Balaban J connectivity index is 2.34. The van der Waals surface area contributed by atoms with Crippen molar-refractivity contribution in [1.29, 1.82) is 0 Å². The van der Waals surface area contributed by atoms with Crippen LogP contribution >= 0.6 is 15.9 Å². The van der Waals surface area contributed by atoms with E-state index in [0.717, 1.165) is 40.0 Å². The monoisotopic (exact) mass is 352 g/mol. The van der Waals surface area contributed by atoms with Gasteiger partial charge in [-0.1, -0.05) is 12.2 Å². The summed E-state index contributed by atoms with van der Waals surface area (Å²) in [6, 6.07) is 3.90. The minimum atomic E-state index is 0.589. The zero-order valence-electron chi connectivity index (χ0n) is 12.8. The smallest absolute Gasteiger partial charge is 0.127 e. The lowest BCUT2D eigenvalue weighted by molar-refractivity contribution is 0.178. The number of halogens is 1. The summed E-state index contributed by atoms with van der Waals surface area (Å²) in [5.41, 5.74) is 4.54. The van der Waals surface area contributed by atoms with Crippen molar-refractivity contribution in [1.82, 2.24) is 0 Å². The summed E-state index contributed by atoms with van der Waals surface area (Å²) < 4.78 is 17.7. The fourth-order valence-electron chi connectivity index (χ4n) is 2.50. The Kier molecular flexibility index (Phi) is 5.48. The number of ether oxygens (including phenoxy) is 3. The van der Waals surface area contributed by atoms with Gasteiger partial charge in [0.05, 0.1) is 27.4 Å². The molecule has 0 unspecified atom stereocenters. The van der Waals surface area contributed by atoms with Crippen LogP contribution in [0.3, 0.4) is 0 Å². The molecular weight excluding hydrogens is 332 g/mol. The first kappa shape index (κ1) is 16.1. The second kappa shape index (κ2) is 7.14. The van der Waals surface area contributed by atoms with Crippen molar-refractivity contribution in [3.8, 4) is 11.5 Å².